The molecule has 7 heteroatoms. The quantitative estimate of drug-likeness (QED) is 0.636. The van der Waals surface area contributed by atoms with Crippen molar-refractivity contribution in [2.24, 2.45) is 0 Å². The Bertz CT molecular complexity index is 902. The van der Waals surface area contributed by atoms with Gasteiger partial charge in [-0.25, -0.2) is 12.7 Å². The van der Waals surface area contributed by atoms with E-state index in [1.165, 1.54) is 30.6 Å². The Morgan fingerprint density at radius 2 is 1.62 bits per heavy atom. The van der Waals surface area contributed by atoms with Crippen LogP contribution in [0.2, 0.25) is 0 Å². The number of nitrogens with zero attached hydrogens (tertiary/aromatic N) is 1. The predicted molar refractivity (Wildman–Crippen MR) is 116 cm³/mol. The molecule has 0 fully saturated rings. The molecule has 0 spiro atoms. The highest BCUT2D eigenvalue weighted by Crippen LogP contribution is 2.23. The molecule has 1 amide bonds. The van der Waals surface area contributed by atoms with Crippen molar-refractivity contribution in [3.8, 4) is 5.75 Å². The van der Waals surface area contributed by atoms with Gasteiger partial charge in [-0.1, -0.05) is 32.0 Å². The number of amides is 1. The van der Waals surface area contributed by atoms with Gasteiger partial charge >= 0.3 is 0 Å². The lowest BCUT2D eigenvalue weighted by atomic mass is 10.0. The first-order valence-corrected chi connectivity index (χ1v) is 11.3. The summed E-state index contributed by atoms with van der Waals surface area (Å²) < 4.78 is 31.6. The molecule has 0 aliphatic heterocycles. The van der Waals surface area contributed by atoms with E-state index < -0.39 is 10.0 Å². The summed E-state index contributed by atoms with van der Waals surface area (Å²) in [7, 11) is -0.538. The van der Waals surface area contributed by atoms with Crippen LogP contribution < -0.4 is 10.1 Å². The molecule has 0 atom stereocenters. The van der Waals surface area contributed by atoms with Crippen LogP contribution in [-0.4, -0.2) is 39.3 Å². The number of rotatable bonds is 10. The van der Waals surface area contributed by atoms with Crippen molar-refractivity contribution in [1.29, 1.82) is 0 Å². The van der Waals surface area contributed by atoms with Gasteiger partial charge in [0.25, 0.3) is 0 Å². The minimum atomic E-state index is -3.60. The minimum absolute atomic E-state index is 0.101. The van der Waals surface area contributed by atoms with Gasteiger partial charge in [0, 0.05) is 25.7 Å². The van der Waals surface area contributed by atoms with Crippen molar-refractivity contribution in [1.82, 2.24) is 4.31 Å². The molecule has 2 aromatic rings. The summed E-state index contributed by atoms with van der Waals surface area (Å²) in [6, 6.07) is 12.3. The fourth-order valence-corrected chi connectivity index (χ4v) is 4.32. The first-order chi connectivity index (χ1) is 13.8. The number of methoxy groups -OCH3 is 1. The molecule has 0 unspecified atom stereocenters. The molecule has 0 aliphatic rings. The van der Waals surface area contributed by atoms with E-state index in [4.69, 9.17) is 4.74 Å². The number of ether oxygens (including phenoxy) is 1. The molecule has 2 rings (SSSR count). The van der Waals surface area contributed by atoms with Gasteiger partial charge in [-0.2, -0.15) is 0 Å². The van der Waals surface area contributed by atoms with Gasteiger partial charge in [-0.15, -0.1) is 0 Å². The second-order valence-corrected chi connectivity index (χ2v) is 8.86. The van der Waals surface area contributed by atoms with Crippen LogP contribution in [-0.2, 0) is 27.7 Å². The van der Waals surface area contributed by atoms with Gasteiger partial charge < -0.3 is 10.1 Å². The molecular formula is C22H30N2O4S. The van der Waals surface area contributed by atoms with Crippen molar-refractivity contribution in [2.45, 2.75) is 44.4 Å². The summed E-state index contributed by atoms with van der Waals surface area (Å²) in [5.74, 6) is 0.498. The van der Waals surface area contributed by atoms with Crippen LogP contribution >= 0.6 is 0 Å². The standard InChI is InChI=1S/C22H30N2O4S/c1-5-17-9-7-10-18(6-2)22(17)23-21(25)11-8-16-24(3)29(26,27)20-14-12-19(28-4)13-15-20/h7,9-10,12-15H,5-6,8,11,16H2,1-4H3,(H,23,25). The average Bonchev–Trinajstić information content (AvgIpc) is 2.73. The van der Waals surface area contributed by atoms with Crippen molar-refractivity contribution >= 4 is 21.6 Å². The van der Waals surface area contributed by atoms with Crippen LogP contribution in [0, 0.1) is 0 Å². The van der Waals surface area contributed by atoms with Crippen LogP contribution in [0.5, 0.6) is 5.75 Å². The Morgan fingerprint density at radius 3 is 2.14 bits per heavy atom. The molecule has 0 bridgehead atoms. The Labute approximate surface area is 173 Å². The topological polar surface area (TPSA) is 75.7 Å². The molecule has 158 valence electrons. The first kappa shape index (κ1) is 22.9. The minimum Gasteiger partial charge on any atom is -0.497 e. The molecule has 0 heterocycles. The van der Waals surface area contributed by atoms with Crippen LogP contribution in [0.1, 0.15) is 37.8 Å². The number of hydrogen-bond acceptors (Lipinski definition) is 4. The maximum Gasteiger partial charge on any atom is 0.242 e. The van der Waals surface area contributed by atoms with E-state index in [9.17, 15) is 13.2 Å². The summed E-state index contributed by atoms with van der Waals surface area (Å²) >= 11 is 0. The molecule has 0 aliphatic carbocycles. The highest BCUT2D eigenvalue weighted by molar-refractivity contribution is 7.89. The number of nitrogens with one attached hydrogen (secondary N) is 1. The third kappa shape index (κ3) is 5.81. The smallest absolute Gasteiger partial charge is 0.242 e. The number of aryl methyl sites for hydroxylation is 2. The first-order valence-electron chi connectivity index (χ1n) is 9.84. The van der Waals surface area contributed by atoms with Crippen LogP contribution in [0.3, 0.4) is 0 Å². The van der Waals surface area contributed by atoms with Gasteiger partial charge in [0.2, 0.25) is 15.9 Å². The zero-order chi connectivity index (χ0) is 21.4. The van der Waals surface area contributed by atoms with Crippen molar-refractivity contribution < 1.29 is 17.9 Å². The summed E-state index contributed by atoms with van der Waals surface area (Å²) in [5, 5.41) is 3.02. The lowest BCUT2D eigenvalue weighted by Crippen LogP contribution is -2.28. The lowest BCUT2D eigenvalue weighted by molar-refractivity contribution is -0.116. The van der Waals surface area contributed by atoms with Gasteiger partial charge in [0.15, 0.2) is 0 Å². The Kier molecular flexibility index (Phi) is 8.22. The summed E-state index contributed by atoms with van der Waals surface area (Å²) in [6.45, 7) is 4.38. The number of anilines is 1. The van der Waals surface area contributed by atoms with E-state index in [1.54, 1.807) is 12.1 Å². The summed E-state index contributed by atoms with van der Waals surface area (Å²) in [6.07, 6.45) is 2.37. The molecular weight excluding hydrogens is 388 g/mol. The molecule has 0 saturated carbocycles. The van der Waals surface area contributed by atoms with Gasteiger partial charge in [-0.05, 0) is 54.7 Å². The zero-order valence-corrected chi connectivity index (χ0v) is 18.4. The highest BCUT2D eigenvalue weighted by atomic mass is 32.2. The summed E-state index contributed by atoms with van der Waals surface area (Å²) in [5.41, 5.74) is 3.11. The van der Waals surface area contributed by atoms with Gasteiger partial charge in [0.1, 0.15) is 5.75 Å². The normalized spacial score (nSPS) is 11.5. The van der Waals surface area contributed by atoms with Crippen molar-refractivity contribution in [3.63, 3.8) is 0 Å². The van der Waals surface area contributed by atoms with Gasteiger partial charge in [-0.3, -0.25) is 4.79 Å². The number of benzene rings is 2. The monoisotopic (exact) mass is 418 g/mol. The van der Waals surface area contributed by atoms with Crippen molar-refractivity contribution in [3.05, 3.63) is 53.6 Å². The van der Waals surface area contributed by atoms with Crippen LogP contribution in [0.15, 0.2) is 47.4 Å². The molecule has 1 N–H and O–H groups in total. The van der Waals surface area contributed by atoms with E-state index in [0.717, 1.165) is 29.7 Å². The zero-order valence-electron chi connectivity index (χ0n) is 17.6. The van der Waals surface area contributed by atoms with E-state index in [1.807, 2.05) is 18.2 Å². The largest absolute Gasteiger partial charge is 0.497 e. The highest BCUT2D eigenvalue weighted by Gasteiger charge is 2.20. The number of carbonyl (C=O) groups excluding carboxylic acids is 1. The number of para-hydroxylation sites is 1. The van der Waals surface area contributed by atoms with E-state index >= 15 is 0 Å². The second-order valence-electron chi connectivity index (χ2n) is 6.81. The van der Waals surface area contributed by atoms with Crippen LogP contribution in [0.4, 0.5) is 5.69 Å². The Morgan fingerprint density at radius 1 is 1.03 bits per heavy atom. The average molecular weight is 419 g/mol. The van der Waals surface area contributed by atoms with E-state index in [-0.39, 0.29) is 23.8 Å². The second kappa shape index (κ2) is 10.4. The third-order valence-electron chi connectivity index (χ3n) is 4.91. The molecule has 6 nitrogen and oxygen atoms in total. The Hall–Kier alpha value is -2.38. The van der Waals surface area contributed by atoms with Gasteiger partial charge in [0.05, 0.1) is 12.0 Å². The van der Waals surface area contributed by atoms with E-state index in [2.05, 4.69) is 19.2 Å². The van der Waals surface area contributed by atoms with Crippen LogP contribution in [0.25, 0.3) is 0 Å². The predicted octanol–water partition coefficient (Wildman–Crippen LogP) is 3.86. The van der Waals surface area contributed by atoms with E-state index in [0.29, 0.717) is 12.2 Å². The number of sulfonamides is 1. The maximum atomic E-state index is 12.7. The fraction of sp³-hybridized carbons (Fsp3) is 0.409. The molecule has 2 aromatic carbocycles. The van der Waals surface area contributed by atoms with Crippen molar-refractivity contribution in [2.75, 3.05) is 26.0 Å². The lowest BCUT2D eigenvalue weighted by Gasteiger charge is -2.18. The fourth-order valence-electron chi connectivity index (χ4n) is 3.12. The molecule has 0 aromatic heterocycles. The Balaban J connectivity index is 1.94. The molecule has 29 heavy (non-hydrogen) atoms. The number of carbonyl (C=O) groups is 1. The third-order valence-corrected chi connectivity index (χ3v) is 6.78. The summed E-state index contributed by atoms with van der Waals surface area (Å²) in [4.78, 5) is 12.6. The SMILES string of the molecule is CCc1cccc(CC)c1NC(=O)CCCN(C)S(=O)(=O)c1ccc(OC)cc1. The maximum absolute atomic E-state index is 12.7. The molecule has 0 saturated heterocycles. The number of hydrogen-bond donors (Lipinski definition) is 1. The molecule has 0 radical (unpaired) electrons.